The molecular formula is C25H40ClN5O2. The smallest absolute Gasteiger partial charge is 0.251 e. The van der Waals surface area contributed by atoms with Crippen LogP contribution in [-0.4, -0.2) is 66.0 Å². The normalized spacial score (nSPS) is 20.7. The van der Waals surface area contributed by atoms with Crippen LogP contribution in [0.25, 0.3) is 0 Å². The van der Waals surface area contributed by atoms with Gasteiger partial charge in [-0.2, -0.15) is 0 Å². The third kappa shape index (κ3) is 7.41. The molecule has 4 N–H and O–H groups in total. The maximum atomic E-state index is 13.1. The first-order valence-corrected chi connectivity index (χ1v) is 12.8. The molecule has 0 spiro atoms. The van der Waals surface area contributed by atoms with Crippen LogP contribution in [0.15, 0.2) is 24.3 Å². The second-order valence-corrected chi connectivity index (χ2v) is 10.1. The minimum atomic E-state index is -0.388. The van der Waals surface area contributed by atoms with E-state index in [1.54, 1.807) is 0 Å². The lowest BCUT2D eigenvalue weighted by atomic mass is 9.92. The van der Waals surface area contributed by atoms with E-state index in [2.05, 4.69) is 15.6 Å². The van der Waals surface area contributed by atoms with Crippen molar-refractivity contribution < 1.29 is 9.59 Å². The van der Waals surface area contributed by atoms with Crippen molar-refractivity contribution in [3.05, 3.63) is 34.9 Å². The van der Waals surface area contributed by atoms with Gasteiger partial charge in [0.1, 0.15) is 0 Å². The standard InChI is InChI=1S/C25H40ClN5O2/c1-18(2)25(33)31(21-6-4-3-5-7-21)22-12-15-30(17-22)29-24(32)23(28-14-13-27)16-19-8-10-20(26)11-9-19/h8-11,18,21-23,28H,3-7,12-17,27H2,1-2H3,(H,29,32)/t22-,23+/m0/s1. The Kier molecular flexibility index (Phi) is 9.98. The average Bonchev–Trinajstić information content (AvgIpc) is 3.26. The van der Waals surface area contributed by atoms with Crippen LogP contribution in [0.1, 0.15) is 57.9 Å². The number of rotatable bonds is 10. The lowest BCUT2D eigenvalue weighted by molar-refractivity contribution is -0.140. The number of hydrazine groups is 1. The fraction of sp³-hybridized carbons (Fsp3) is 0.680. The molecule has 2 fully saturated rings. The van der Waals surface area contributed by atoms with E-state index in [-0.39, 0.29) is 29.8 Å². The van der Waals surface area contributed by atoms with Gasteiger partial charge in [-0.15, -0.1) is 0 Å². The molecule has 1 aromatic rings. The lowest BCUT2D eigenvalue weighted by Gasteiger charge is -2.39. The lowest BCUT2D eigenvalue weighted by Crippen LogP contribution is -2.54. The van der Waals surface area contributed by atoms with Crippen LogP contribution >= 0.6 is 11.6 Å². The fourth-order valence-corrected chi connectivity index (χ4v) is 5.12. The Bertz CT molecular complexity index is 767. The Hall–Kier alpha value is -1.67. The van der Waals surface area contributed by atoms with Gasteiger partial charge < -0.3 is 16.0 Å². The molecule has 0 unspecified atom stereocenters. The molecule has 1 heterocycles. The Balaban J connectivity index is 1.62. The van der Waals surface area contributed by atoms with Crippen molar-refractivity contribution >= 4 is 23.4 Å². The van der Waals surface area contributed by atoms with Crippen molar-refractivity contribution in [1.82, 2.24) is 20.7 Å². The molecule has 1 aromatic carbocycles. The third-order valence-corrected chi connectivity index (χ3v) is 7.00. The van der Waals surface area contributed by atoms with Gasteiger partial charge in [-0.3, -0.25) is 15.0 Å². The van der Waals surface area contributed by atoms with Gasteiger partial charge >= 0.3 is 0 Å². The van der Waals surface area contributed by atoms with Gasteiger partial charge in [0.15, 0.2) is 0 Å². The zero-order chi connectivity index (χ0) is 23.8. The monoisotopic (exact) mass is 477 g/mol. The maximum Gasteiger partial charge on any atom is 0.251 e. The molecule has 2 atom stereocenters. The summed E-state index contributed by atoms with van der Waals surface area (Å²) >= 11 is 6.00. The quantitative estimate of drug-likeness (QED) is 0.482. The first-order chi connectivity index (χ1) is 15.9. The summed E-state index contributed by atoms with van der Waals surface area (Å²) in [5.74, 6) is 0.156. The minimum Gasteiger partial charge on any atom is -0.335 e. The van der Waals surface area contributed by atoms with Crippen molar-refractivity contribution in [1.29, 1.82) is 0 Å². The Morgan fingerprint density at radius 1 is 1.12 bits per heavy atom. The molecule has 33 heavy (non-hydrogen) atoms. The molecule has 3 rings (SSSR count). The Morgan fingerprint density at radius 3 is 2.45 bits per heavy atom. The van der Waals surface area contributed by atoms with E-state index in [4.69, 9.17) is 17.3 Å². The van der Waals surface area contributed by atoms with Gasteiger partial charge in [-0.1, -0.05) is 56.8 Å². The van der Waals surface area contributed by atoms with Crippen LogP contribution in [-0.2, 0) is 16.0 Å². The van der Waals surface area contributed by atoms with E-state index in [1.807, 2.05) is 43.1 Å². The van der Waals surface area contributed by atoms with Crippen LogP contribution in [0.5, 0.6) is 0 Å². The van der Waals surface area contributed by atoms with E-state index in [9.17, 15) is 9.59 Å². The highest BCUT2D eigenvalue weighted by atomic mass is 35.5. The van der Waals surface area contributed by atoms with Crippen molar-refractivity contribution in [2.75, 3.05) is 26.2 Å². The Morgan fingerprint density at radius 2 is 1.82 bits per heavy atom. The maximum absolute atomic E-state index is 13.1. The summed E-state index contributed by atoms with van der Waals surface area (Å²) in [6, 6.07) is 7.65. The summed E-state index contributed by atoms with van der Waals surface area (Å²) in [7, 11) is 0. The second-order valence-electron chi connectivity index (χ2n) is 9.68. The molecule has 0 bridgehead atoms. The number of halogens is 1. The van der Waals surface area contributed by atoms with Crippen molar-refractivity contribution in [3.8, 4) is 0 Å². The van der Waals surface area contributed by atoms with Crippen LogP contribution in [0, 0.1) is 5.92 Å². The van der Waals surface area contributed by atoms with E-state index in [0.29, 0.717) is 37.1 Å². The fourth-order valence-electron chi connectivity index (χ4n) is 4.99. The summed E-state index contributed by atoms with van der Waals surface area (Å²) in [5.41, 5.74) is 9.81. The van der Waals surface area contributed by atoms with Gasteiger partial charge in [-0.05, 0) is 43.4 Å². The highest BCUT2D eigenvalue weighted by Crippen LogP contribution is 2.28. The molecule has 2 amide bonds. The van der Waals surface area contributed by atoms with Gasteiger partial charge in [0, 0.05) is 49.2 Å². The van der Waals surface area contributed by atoms with E-state index < -0.39 is 0 Å². The summed E-state index contributed by atoms with van der Waals surface area (Å²) in [4.78, 5) is 28.4. The summed E-state index contributed by atoms with van der Waals surface area (Å²) in [6.45, 7) is 6.41. The number of hydrogen-bond donors (Lipinski definition) is 3. The summed E-state index contributed by atoms with van der Waals surface area (Å²) in [6.07, 6.45) is 7.27. The van der Waals surface area contributed by atoms with E-state index >= 15 is 0 Å². The van der Waals surface area contributed by atoms with Crippen molar-refractivity contribution in [3.63, 3.8) is 0 Å². The molecular weight excluding hydrogens is 438 g/mol. The molecule has 1 aliphatic heterocycles. The average molecular weight is 478 g/mol. The topological polar surface area (TPSA) is 90.7 Å². The summed E-state index contributed by atoms with van der Waals surface area (Å²) < 4.78 is 0. The number of carbonyl (C=O) groups is 2. The van der Waals surface area contributed by atoms with Gasteiger partial charge in [0.25, 0.3) is 5.91 Å². The number of hydrogen-bond acceptors (Lipinski definition) is 5. The van der Waals surface area contributed by atoms with Crippen LogP contribution < -0.4 is 16.5 Å². The molecule has 1 saturated heterocycles. The SMILES string of the molecule is CC(C)C(=O)N(C1CCCCC1)[C@H]1CCN(NC(=O)[C@@H](Cc2ccc(Cl)cc2)NCCN)C1. The van der Waals surface area contributed by atoms with Gasteiger partial charge in [0.05, 0.1) is 6.04 Å². The minimum absolute atomic E-state index is 0.0141. The predicted octanol–water partition coefficient (Wildman–Crippen LogP) is 2.72. The number of carbonyl (C=O) groups excluding carboxylic acids is 2. The molecule has 7 nitrogen and oxygen atoms in total. The van der Waals surface area contributed by atoms with Crippen LogP contribution in [0.4, 0.5) is 0 Å². The van der Waals surface area contributed by atoms with Crippen LogP contribution in [0.3, 0.4) is 0 Å². The molecule has 1 aliphatic carbocycles. The van der Waals surface area contributed by atoms with E-state index in [0.717, 1.165) is 31.4 Å². The van der Waals surface area contributed by atoms with Crippen molar-refractivity contribution in [2.24, 2.45) is 11.7 Å². The first kappa shape index (κ1) is 25.9. The third-order valence-electron chi connectivity index (χ3n) is 6.75. The van der Waals surface area contributed by atoms with Gasteiger partial charge in [-0.25, -0.2) is 5.01 Å². The van der Waals surface area contributed by atoms with Crippen molar-refractivity contribution in [2.45, 2.75) is 76.9 Å². The molecule has 8 heteroatoms. The second kappa shape index (κ2) is 12.7. The molecule has 1 saturated carbocycles. The number of amides is 2. The summed E-state index contributed by atoms with van der Waals surface area (Å²) in [5, 5.41) is 5.92. The zero-order valence-electron chi connectivity index (χ0n) is 20.1. The molecule has 0 radical (unpaired) electrons. The number of benzene rings is 1. The highest BCUT2D eigenvalue weighted by molar-refractivity contribution is 6.30. The predicted molar refractivity (Wildman–Crippen MR) is 133 cm³/mol. The van der Waals surface area contributed by atoms with Crippen LogP contribution in [0.2, 0.25) is 5.02 Å². The van der Waals surface area contributed by atoms with E-state index in [1.165, 1.54) is 19.3 Å². The van der Waals surface area contributed by atoms with Gasteiger partial charge in [0.2, 0.25) is 5.91 Å². The molecule has 184 valence electrons. The zero-order valence-corrected chi connectivity index (χ0v) is 20.8. The molecule has 0 aromatic heterocycles. The first-order valence-electron chi connectivity index (χ1n) is 12.4. The largest absolute Gasteiger partial charge is 0.335 e. The number of nitrogens with one attached hydrogen (secondary N) is 2. The highest BCUT2D eigenvalue weighted by Gasteiger charge is 2.37. The molecule has 2 aliphatic rings. The Labute approximate surface area is 203 Å². The number of nitrogens with two attached hydrogens (primary N) is 1. The number of nitrogens with zero attached hydrogens (tertiary/aromatic N) is 2.